The first-order valence-electron chi connectivity index (χ1n) is 11.7. The van der Waals surface area contributed by atoms with E-state index in [1.807, 2.05) is 54.8 Å². The molecule has 0 aromatic heterocycles. The number of aryl methyl sites for hydroxylation is 3. The lowest BCUT2D eigenvalue weighted by Gasteiger charge is -2.28. The Labute approximate surface area is 203 Å². The summed E-state index contributed by atoms with van der Waals surface area (Å²) in [6.07, 6.45) is 0. The summed E-state index contributed by atoms with van der Waals surface area (Å²) in [5.74, 6) is 0.305. The molecule has 0 radical (unpaired) electrons. The first kappa shape index (κ1) is 22.5. The van der Waals surface area contributed by atoms with E-state index in [1.54, 1.807) is 0 Å². The molecular weight excluding hydrogens is 438 g/mol. The van der Waals surface area contributed by atoms with E-state index in [0.29, 0.717) is 24.4 Å². The van der Waals surface area contributed by atoms with Gasteiger partial charge in [-0.2, -0.15) is 4.98 Å². The zero-order valence-electron chi connectivity index (χ0n) is 20.1. The zero-order valence-corrected chi connectivity index (χ0v) is 20.1. The van der Waals surface area contributed by atoms with Gasteiger partial charge in [-0.25, -0.2) is 9.78 Å². The van der Waals surface area contributed by atoms with Crippen molar-refractivity contribution in [2.45, 2.75) is 33.9 Å². The number of H-pyrrole nitrogens is 1. The second-order valence-corrected chi connectivity index (χ2v) is 8.93. The number of rotatable bonds is 6. The summed E-state index contributed by atoms with van der Waals surface area (Å²) in [7, 11) is 0. The monoisotopic (exact) mass is 465 g/mol. The van der Waals surface area contributed by atoms with Crippen molar-refractivity contribution >= 4 is 16.7 Å². The summed E-state index contributed by atoms with van der Waals surface area (Å²) in [5, 5.41) is 0. The minimum Gasteiger partial charge on any atom is -0.365 e. The van der Waals surface area contributed by atoms with Crippen molar-refractivity contribution < 1.29 is 0 Å². The van der Waals surface area contributed by atoms with Crippen LogP contribution in [0.3, 0.4) is 0 Å². The second-order valence-electron chi connectivity index (χ2n) is 8.93. The van der Waals surface area contributed by atoms with Gasteiger partial charge in [0.05, 0.1) is 11.0 Å². The van der Waals surface area contributed by atoms with Gasteiger partial charge >= 0.3 is 5.69 Å². The fourth-order valence-corrected chi connectivity index (χ4v) is 4.50. The highest BCUT2D eigenvalue weighted by molar-refractivity contribution is 5.81. The van der Waals surface area contributed by atoms with E-state index in [1.165, 1.54) is 11.1 Å². The Morgan fingerprint density at radius 3 is 2.34 bits per heavy atom. The number of aromatic nitrogens is 4. The molecule has 2 heterocycles. The van der Waals surface area contributed by atoms with E-state index in [9.17, 15) is 9.59 Å². The Kier molecular flexibility index (Phi) is 5.91. The fourth-order valence-electron chi connectivity index (χ4n) is 4.50. The molecular formula is C28H27N5O2. The molecule has 5 rings (SSSR count). The normalized spacial score (nSPS) is 11.3. The van der Waals surface area contributed by atoms with E-state index in [4.69, 9.17) is 0 Å². The van der Waals surface area contributed by atoms with Crippen LogP contribution in [-0.4, -0.2) is 26.1 Å². The summed E-state index contributed by atoms with van der Waals surface area (Å²) < 4.78 is 1.96. The molecule has 3 aromatic rings. The molecule has 0 atom stereocenters. The molecule has 7 nitrogen and oxygen atoms in total. The molecule has 1 N–H and O–H groups in total. The van der Waals surface area contributed by atoms with Crippen molar-refractivity contribution in [3.05, 3.63) is 110 Å². The van der Waals surface area contributed by atoms with Crippen molar-refractivity contribution in [2.75, 3.05) is 11.4 Å². The van der Waals surface area contributed by atoms with Crippen LogP contribution in [-0.2, 0) is 13.1 Å². The van der Waals surface area contributed by atoms with Gasteiger partial charge in [-0.15, -0.1) is 0 Å². The van der Waals surface area contributed by atoms with Gasteiger partial charge < -0.3 is 9.47 Å². The van der Waals surface area contributed by atoms with Crippen LogP contribution >= 0.6 is 0 Å². The molecule has 0 bridgehead atoms. The quantitative estimate of drug-likeness (QED) is 0.380. The van der Waals surface area contributed by atoms with Crippen molar-refractivity contribution in [3.8, 4) is 11.5 Å². The molecule has 0 saturated heterocycles. The lowest BCUT2D eigenvalue weighted by molar-refractivity contribution is 0.658. The standard InChI is InChI=1S/C28H27N5O2/c1-18-9-7-8-12-23(18)32(17-21-10-5-4-6-11-21)13-14-33-24-16-20(3)19(2)15-22(24)29-25-26(33)30-28(35)31-27(25)34/h4-12,15-16H,13-14,17H2,1-3H3,(H,31,34,35). The van der Waals surface area contributed by atoms with Gasteiger partial charge in [-0.05, 0) is 61.2 Å². The summed E-state index contributed by atoms with van der Waals surface area (Å²) >= 11 is 0. The van der Waals surface area contributed by atoms with Gasteiger partial charge in [-0.1, -0.05) is 48.5 Å². The number of benzene rings is 3. The SMILES string of the molecule is Cc1cc2nc3c(=O)[nH]c(=O)nc-3n(CCN(Cc3ccccc3)c3ccccc3C)c2cc1C. The van der Waals surface area contributed by atoms with Crippen molar-refractivity contribution in [3.63, 3.8) is 0 Å². The van der Waals surface area contributed by atoms with Crippen molar-refractivity contribution in [2.24, 2.45) is 0 Å². The average Bonchev–Trinajstić information content (AvgIpc) is 2.84. The molecule has 176 valence electrons. The number of hydrogen-bond donors (Lipinski definition) is 1. The van der Waals surface area contributed by atoms with Crippen LogP contribution in [0.2, 0.25) is 0 Å². The Balaban J connectivity index is 1.63. The third-order valence-electron chi connectivity index (χ3n) is 6.49. The van der Waals surface area contributed by atoms with Crippen LogP contribution < -0.4 is 16.1 Å². The van der Waals surface area contributed by atoms with E-state index < -0.39 is 11.2 Å². The maximum atomic E-state index is 12.6. The highest BCUT2D eigenvalue weighted by Crippen LogP contribution is 2.26. The Morgan fingerprint density at radius 2 is 1.57 bits per heavy atom. The highest BCUT2D eigenvalue weighted by atomic mass is 16.2. The highest BCUT2D eigenvalue weighted by Gasteiger charge is 2.20. The maximum absolute atomic E-state index is 12.6. The van der Waals surface area contributed by atoms with Crippen LogP contribution in [0, 0.1) is 20.8 Å². The molecule has 0 saturated carbocycles. The van der Waals surface area contributed by atoms with E-state index in [0.717, 1.165) is 28.9 Å². The molecule has 35 heavy (non-hydrogen) atoms. The molecule has 3 aromatic carbocycles. The van der Waals surface area contributed by atoms with Gasteiger partial charge in [0.2, 0.25) is 0 Å². The molecule has 7 heteroatoms. The van der Waals surface area contributed by atoms with Gasteiger partial charge in [0.1, 0.15) is 0 Å². The van der Waals surface area contributed by atoms with Gasteiger partial charge in [0, 0.05) is 25.3 Å². The summed E-state index contributed by atoms with van der Waals surface area (Å²) in [6.45, 7) is 8.07. The predicted molar refractivity (Wildman–Crippen MR) is 139 cm³/mol. The molecule has 0 aliphatic carbocycles. The van der Waals surface area contributed by atoms with E-state index in [-0.39, 0.29) is 5.69 Å². The molecule has 0 unspecified atom stereocenters. The van der Waals surface area contributed by atoms with Crippen molar-refractivity contribution in [1.29, 1.82) is 0 Å². The first-order chi connectivity index (χ1) is 16.9. The number of hydrogen-bond acceptors (Lipinski definition) is 5. The summed E-state index contributed by atoms with van der Waals surface area (Å²) in [5.41, 5.74) is 6.27. The second kappa shape index (κ2) is 9.18. The molecule has 0 spiro atoms. The van der Waals surface area contributed by atoms with E-state index >= 15 is 0 Å². The minimum atomic E-state index is -0.665. The number of nitrogens with one attached hydrogen (secondary N) is 1. The smallest absolute Gasteiger partial charge is 0.349 e. The maximum Gasteiger partial charge on any atom is 0.349 e. The largest absolute Gasteiger partial charge is 0.365 e. The third kappa shape index (κ3) is 4.45. The zero-order chi connectivity index (χ0) is 24.5. The van der Waals surface area contributed by atoms with Crippen molar-refractivity contribution in [1.82, 2.24) is 19.5 Å². The van der Waals surface area contributed by atoms with Gasteiger partial charge in [0.25, 0.3) is 5.56 Å². The Morgan fingerprint density at radius 1 is 0.857 bits per heavy atom. The van der Waals surface area contributed by atoms with Crippen LogP contribution in [0.25, 0.3) is 22.6 Å². The molecule has 0 amide bonds. The van der Waals surface area contributed by atoms with Gasteiger partial charge in [-0.3, -0.25) is 9.78 Å². The average molecular weight is 466 g/mol. The number of fused-ring (bicyclic) bond motifs is 2. The molecule has 2 aliphatic heterocycles. The summed E-state index contributed by atoms with van der Waals surface area (Å²) in [6, 6.07) is 22.7. The number of nitrogens with zero attached hydrogens (tertiary/aromatic N) is 4. The van der Waals surface area contributed by atoms with Crippen LogP contribution in [0.15, 0.2) is 76.3 Å². The third-order valence-corrected chi connectivity index (χ3v) is 6.49. The molecule has 0 fully saturated rings. The number of aromatic amines is 1. The summed E-state index contributed by atoms with van der Waals surface area (Å²) in [4.78, 5) is 38.1. The Bertz CT molecular complexity index is 1600. The lowest BCUT2D eigenvalue weighted by Crippen LogP contribution is -2.32. The number of para-hydroxylation sites is 1. The molecule has 2 aliphatic rings. The lowest BCUT2D eigenvalue weighted by atomic mass is 10.1. The minimum absolute atomic E-state index is 0.172. The topological polar surface area (TPSA) is 83.9 Å². The predicted octanol–water partition coefficient (Wildman–Crippen LogP) is 4.22. The fraction of sp³-hybridized carbons (Fsp3) is 0.214. The van der Waals surface area contributed by atoms with E-state index in [2.05, 4.69) is 57.1 Å². The first-order valence-corrected chi connectivity index (χ1v) is 11.7. The van der Waals surface area contributed by atoms with Crippen LogP contribution in [0.4, 0.5) is 5.69 Å². The van der Waals surface area contributed by atoms with Crippen LogP contribution in [0.1, 0.15) is 22.3 Å². The number of anilines is 1. The van der Waals surface area contributed by atoms with Gasteiger partial charge in [0.15, 0.2) is 11.5 Å². The Hall–Kier alpha value is -4.26. The van der Waals surface area contributed by atoms with Crippen LogP contribution in [0.5, 0.6) is 0 Å².